The summed E-state index contributed by atoms with van der Waals surface area (Å²) in [6.45, 7) is 6.44. The lowest BCUT2D eigenvalue weighted by atomic mass is 9.57. The van der Waals surface area contributed by atoms with E-state index in [9.17, 15) is 4.39 Å². The number of nitrogens with zero attached hydrogens (tertiary/aromatic N) is 1. The molecule has 2 aromatic rings. The van der Waals surface area contributed by atoms with Gasteiger partial charge >= 0.3 is 0 Å². The van der Waals surface area contributed by atoms with Crippen LogP contribution in [0.4, 0.5) is 4.39 Å². The highest BCUT2D eigenvalue weighted by atomic mass is 19.1. The maximum Gasteiger partial charge on any atom is 0.167 e. The van der Waals surface area contributed by atoms with Crippen molar-refractivity contribution in [1.29, 1.82) is 0 Å². The van der Waals surface area contributed by atoms with E-state index in [-0.39, 0.29) is 11.2 Å². The summed E-state index contributed by atoms with van der Waals surface area (Å²) in [5.41, 5.74) is 2.08. The first-order chi connectivity index (χ1) is 12.5. The molecule has 1 aromatic carbocycles. The van der Waals surface area contributed by atoms with E-state index in [4.69, 9.17) is 9.26 Å². The molecule has 2 aliphatic rings. The summed E-state index contributed by atoms with van der Waals surface area (Å²) >= 11 is 0. The lowest BCUT2D eigenvalue weighted by Crippen LogP contribution is -2.60. The zero-order valence-electron chi connectivity index (χ0n) is 15.5. The van der Waals surface area contributed by atoms with Crippen molar-refractivity contribution in [2.45, 2.75) is 51.6 Å². The molecule has 1 aliphatic heterocycles. The van der Waals surface area contributed by atoms with Gasteiger partial charge in [0.05, 0.1) is 5.69 Å². The fourth-order valence-electron chi connectivity index (χ4n) is 4.20. The van der Waals surface area contributed by atoms with E-state index in [0.29, 0.717) is 23.8 Å². The second-order valence-electron chi connectivity index (χ2n) is 8.25. The van der Waals surface area contributed by atoms with Crippen LogP contribution in [-0.2, 0) is 11.2 Å². The van der Waals surface area contributed by atoms with Crippen LogP contribution in [0, 0.1) is 17.2 Å². The second kappa shape index (κ2) is 7.12. The largest absolute Gasteiger partial charge is 0.381 e. The Balaban J connectivity index is 1.35. The summed E-state index contributed by atoms with van der Waals surface area (Å²) in [4.78, 5) is 0. The molecule has 140 valence electrons. The van der Waals surface area contributed by atoms with Gasteiger partial charge in [-0.3, -0.25) is 0 Å². The molecule has 0 spiro atoms. The number of nitrogens with one attached hydrogen (secondary N) is 1. The van der Waals surface area contributed by atoms with Gasteiger partial charge in [0.25, 0.3) is 0 Å². The SMILES string of the molecule is CC1(C)C(Cc2cc(-c3ccc(F)cc3)on2)CC1NC1CCOCC1. The molecule has 4 nitrogen and oxygen atoms in total. The van der Waals surface area contributed by atoms with E-state index in [1.807, 2.05) is 6.07 Å². The Morgan fingerprint density at radius 2 is 1.92 bits per heavy atom. The number of rotatable bonds is 5. The third kappa shape index (κ3) is 3.55. The number of hydrogen-bond acceptors (Lipinski definition) is 4. The van der Waals surface area contributed by atoms with E-state index >= 15 is 0 Å². The van der Waals surface area contributed by atoms with E-state index in [0.717, 1.165) is 43.7 Å². The summed E-state index contributed by atoms with van der Waals surface area (Å²) < 4.78 is 24.0. The van der Waals surface area contributed by atoms with E-state index < -0.39 is 0 Å². The van der Waals surface area contributed by atoms with Crippen LogP contribution < -0.4 is 5.32 Å². The molecule has 1 aromatic heterocycles. The van der Waals surface area contributed by atoms with Crippen LogP contribution in [0.2, 0.25) is 0 Å². The molecule has 1 aliphatic carbocycles. The zero-order chi connectivity index (χ0) is 18.1. The Morgan fingerprint density at radius 1 is 1.19 bits per heavy atom. The zero-order valence-corrected chi connectivity index (χ0v) is 15.5. The van der Waals surface area contributed by atoms with Gasteiger partial charge < -0.3 is 14.6 Å². The lowest BCUT2D eigenvalue weighted by Gasteiger charge is -2.54. The van der Waals surface area contributed by atoms with Crippen molar-refractivity contribution in [3.05, 3.63) is 41.8 Å². The molecule has 4 rings (SSSR count). The Bertz CT molecular complexity index is 735. The van der Waals surface area contributed by atoms with Gasteiger partial charge in [-0.15, -0.1) is 0 Å². The van der Waals surface area contributed by atoms with Gasteiger partial charge in [-0.05, 0) is 61.3 Å². The Hall–Kier alpha value is -1.72. The normalized spacial score (nSPS) is 25.8. The molecule has 2 unspecified atom stereocenters. The van der Waals surface area contributed by atoms with Gasteiger partial charge in [0.2, 0.25) is 0 Å². The van der Waals surface area contributed by atoms with Crippen LogP contribution in [0.3, 0.4) is 0 Å². The predicted molar refractivity (Wildman–Crippen MR) is 98.3 cm³/mol. The topological polar surface area (TPSA) is 47.3 Å². The van der Waals surface area contributed by atoms with E-state index in [1.54, 1.807) is 12.1 Å². The van der Waals surface area contributed by atoms with Crippen molar-refractivity contribution >= 4 is 0 Å². The number of aromatic nitrogens is 1. The summed E-state index contributed by atoms with van der Waals surface area (Å²) in [6, 6.07) is 9.47. The molecule has 1 saturated heterocycles. The van der Waals surface area contributed by atoms with Crippen LogP contribution in [0.15, 0.2) is 34.9 Å². The monoisotopic (exact) mass is 358 g/mol. The minimum Gasteiger partial charge on any atom is -0.381 e. The molecule has 1 N–H and O–H groups in total. The third-order valence-corrected chi connectivity index (χ3v) is 6.27. The highest BCUT2D eigenvalue weighted by molar-refractivity contribution is 5.57. The fourth-order valence-corrected chi connectivity index (χ4v) is 4.20. The highest BCUT2D eigenvalue weighted by Crippen LogP contribution is 2.48. The second-order valence-corrected chi connectivity index (χ2v) is 8.25. The number of ether oxygens (including phenoxy) is 1. The Morgan fingerprint density at radius 3 is 2.62 bits per heavy atom. The van der Waals surface area contributed by atoms with Crippen LogP contribution >= 0.6 is 0 Å². The molecule has 0 amide bonds. The standard InChI is InChI=1S/C21H27FN2O2/c1-21(2)15(12-20(21)23-17-7-9-25-10-8-17)11-18-13-19(26-24-18)14-3-5-16(22)6-4-14/h3-6,13,15,17,20,23H,7-12H2,1-2H3. The van der Waals surface area contributed by atoms with Crippen molar-refractivity contribution < 1.29 is 13.7 Å². The van der Waals surface area contributed by atoms with Crippen molar-refractivity contribution in [2.24, 2.45) is 11.3 Å². The maximum atomic E-state index is 13.1. The van der Waals surface area contributed by atoms with Crippen LogP contribution in [0.5, 0.6) is 0 Å². The third-order valence-electron chi connectivity index (χ3n) is 6.27. The summed E-state index contributed by atoms with van der Waals surface area (Å²) in [7, 11) is 0. The molecular formula is C21H27FN2O2. The van der Waals surface area contributed by atoms with Crippen LogP contribution in [-0.4, -0.2) is 30.5 Å². The first-order valence-corrected chi connectivity index (χ1v) is 9.57. The molecule has 0 radical (unpaired) electrons. The fraction of sp³-hybridized carbons (Fsp3) is 0.571. The van der Waals surface area contributed by atoms with Gasteiger partial charge in [-0.1, -0.05) is 19.0 Å². The quantitative estimate of drug-likeness (QED) is 0.870. The van der Waals surface area contributed by atoms with Crippen LogP contribution in [0.25, 0.3) is 11.3 Å². The molecule has 0 bridgehead atoms. The lowest BCUT2D eigenvalue weighted by molar-refractivity contribution is -0.00756. The van der Waals surface area contributed by atoms with E-state index in [1.165, 1.54) is 18.6 Å². The summed E-state index contributed by atoms with van der Waals surface area (Å²) in [6.07, 6.45) is 4.32. The predicted octanol–water partition coefficient (Wildman–Crippen LogP) is 4.21. The maximum absolute atomic E-state index is 13.1. The van der Waals surface area contributed by atoms with Gasteiger partial charge in [0.1, 0.15) is 5.82 Å². The molecule has 1 saturated carbocycles. The molecule has 5 heteroatoms. The van der Waals surface area contributed by atoms with Crippen molar-refractivity contribution in [3.63, 3.8) is 0 Å². The van der Waals surface area contributed by atoms with E-state index in [2.05, 4.69) is 24.3 Å². The van der Waals surface area contributed by atoms with Crippen molar-refractivity contribution in [3.8, 4) is 11.3 Å². The van der Waals surface area contributed by atoms with Crippen molar-refractivity contribution in [1.82, 2.24) is 10.5 Å². The van der Waals surface area contributed by atoms with Crippen molar-refractivity contribution in [2.75, 3.05) is 13.2 Å². The molecule has 2 fully saturated rings. The van der Waals surface area contributed by atoms with Gasteiger partial charge in [0.15, 0.2) is 5.76 Å². The summed E-state index contributed by atoms with van der Waals surface area (Å²) in [5, 5.41) is 8.08. The Kier molecular flexibility index (Phi) is 4.84. The number of benzene rings is 1. The molecule has 26 heavy (non-hydrogen) atoms. The van der Waals surface area contributed by atoms with Gasteiger partial charge in [-0.25, -0.2) is 4.39 Å². The summed E-state index contributed by atoms with van der Waals surface area (Å²) in [5.74, 6) is 1.05. The van der Waals surface area contributed by atoms with Gasteiger partial charge in [0, 0.05) is 36.9 Å². The van der Waals surface area contributed by atoms with Crippen LogP contribution in [0.1, 0.15) is 38.8 Å². The highest BCUT2D eigenvalue weighted by Gasteiger charge is 2.48. The average Bonchev–Trinajstić information content (AvgIpc) is 3.11. The smallest absolute Gasteiger partial charge is 0.167 e. The average molecular weight is 358 g/mol. The first kappa shape index (κ1) is 17.7. The number of hydrogen-bond donors (Lipinski definition) is 1. The molecule has 2 atom stereocenters. The first-order valence-electron chi connectivity index (χ1n) is 9.57. The minimum atomic E-state index is -0.243. The number of halogens is 1. The Labute approximate surface area is 154 Å². The molecule has 2 heterocycles. The minimum absolute atomic E-state index is 0.243. The molecular weight excluding hydrogens is 331 g/mol. The van der Waals surface area contributed by atoms with Gasteiger partial charge in [-0.2, -0.15) is 0 Å².